The van der Waals surface area contributed by atoms with E-state index in [2.05, 4.69) is 22.0 Å². The van der Waals surface area contributed by atoms with Gasteiger partial charge in [0.05, 0.1) is 17.6 Å². The van der Waals surface area contributed by atoms with Gasteiger partial charge < -0.3 is 5.11 Å². The first-order valence-electron chi connectivity index (χ1n) is 6.13. The highest BCUT2D eigenvalue weighted by molar-refractivity contribution is 9.10. The Morgan fingerprint density at radius 3 is 2.56 bits per heavy atom. The SMILES string of the molecule is N#CC1(C(O)c2ccc(F)cc2Br)CCCCC1. The van der Waals surface area contributed by atoms with Crippen molar-refractivity contribution in [3.63, 3.8) is 0 Å². The van der Waals surface area contributed by atoms with Crippen LogP contribution < -0.4 is 0 Å². The van der Waals surface area contributed by atoms with Crippen LogP contribution in [0.25, 0.3) is 0 Å². The van der Waals surface area contributed by atoms with Crippen LogP contribution in [0.2, 0.25) is 0 Å². The third-order valence-electron chi connectivity index (χ3n) is 3.75. The van der Waals surface area contributed by atoms with Crippen LogP contribution in [0.4, 0.5) is 4.39 Å². The predicted molar refractivity (Wildman–Crippen MR) is 70.2 cm³/mol. The van der Waals surface area contributed by atoms with Crippen LogP contribution in [-0.4, -0.2) is 5.11 Å². The molecular weight excluding hydrogens is 297 g/mol. The second-order valence-electron chi connectivity index (χ2n) is 4.90. The van der Waals surface area contributed by atoms with E-state index in [9.17, 15) is 14.8 Å². The molecule has 0 radical (unpaired) electrons. The molecule has 0 heterocycles. The van der Waals surface area contributed by atoms with Crippen molar-refractivity contribution in [2.24, 2.45) is 5.41 Å². The fourth-order valence-electron chi connectivity index (χ4n) is 2.65. The lowest BCUT2D eigenvalue weighted by Gasteiger charge is -2.35. The zero-order valence-electron chi connectivity index (χ0n) is 10.00. The molecule has 2 rings (SSSR count). The summed E-state index contributed by atoms with van der Waals surface area (Å²) in [6.45, 7) is 0. The molecule has 1 aliphatic carbocycles. The molecule has 2 nitrogen and oxygen atoms in total. The molecule has 1 aromatic carbocycles. The van der Waals surface area contributed by atoms with Gasteiger partial charge in [-0.2, -0.15) is 5.26 Å². The Kier molecular flexibility index (Phi) is 4.04. The largest absolute Gasteiger partial charge is 0.387 e. The third kappa shape index (κ3) is 2.43. The molecule has 1 aliphatic rings. The number of benzene rings is 1. The van der Waals surface area contributed by atoms with Crippen LogP contribution in [0.15, 0.2) is 22.7 Å². The van der Waals surface area contributed by atoms with Crippen molar-refractivity contribution in [3.05, 3.63) is 34.1 Å². The van der Waals surface area contributed by atoms with Gasteiger partial charge in [0.15, 0.2) is 0 Å². The Balaban J connectivity index is 2.34. The molecule has 1 saturated carbocycles. The van der Waals surface area contributed by atoms with E-state index in [1.54, 1.807) is 6.07 Å². The summed E-state index contributed by atoms with van der Waals surface area (Å²) in [7, 11) is 0. The first-order valence-corrected chi connectivity index (χ1v) is 6.93. The van der Waals surface area contributed by atoms with E-state index in [0.717, 1.165) is 19.3 Å². The smallest absolute Gasteiger partial charge is 0.124 e. The van der Waals surface area contributed by atoms with Gasteiger partial charge in [0.1, 0.15) is 5.82 Å². The normalized spacial score (nSPS) is 20.1. The van der Waals surface area contributed by atoms with Crippen molar-refractivity contribution in [2.45, 2.75) is 38.2 Å². The van der Waals surface area contributed by atoms with E-state index in [1.807, 2.05) is 0 Å². The summed E-state index contributed by atoms with van der Waals surface area (Å²) in [5, 5.41) is 19.9. The number of hydrogen-bond donors (Lipinski definition) is 1. The second kappa shape index (κ2) is 5.38. The van der Waals surface area contributed by atoms with Gasteiger partial charge in [-0.05, 0) is 30.5 Å². The molecule has 0 bridgehead atoms. The van der Waals surface area contributed by atoms with Crippen LogP contribution in [-0.2, 0) is 0 Å². The Hall–Kier alpha value is -0.920. The number of hydrogen-bond acceptors (Lipinski definition) is 2. The van der Waals surface area contributed by atoms with Crippen LogP contribution in [0.1, 0.15) is 43.8 Å². The monoisotopic (exact) mass is 311 g/mol. The number of rotatable bonds is 2. The number of halogens is 2. The van der Waals surface area contributed by atoms with Crippen molar-refractivity contribution >= 4 is 15.9 Å². The number of aliphatic hydroxyl groups is 1. The van der Waals surface area contributed by atoms with Gasteiger partial charge in [0.2, 0.25) is 0 Å². The molecule has 96 valence electrons. The van der Waals surface area contributed by atoms with Crippen molar-refractivity contribution < 1.29 is 9.50 Å². The van der Waals surface area contributed by atoms with E-state index < -0.39 is 11.5 Å². The lowest BCUT2D eigenvalue weighted by Crippen LogP contribution is -2.30. The van der Waals surface area contributed by atoms with Gasteiger partial charge in [-0.15, -0.1) is 0 Å². The molecule has 0 aromatic heterocycles. The summed E-state index contributed by atoms with van der Waals surface area (Å²) in [4.78, 5) is 0. The number of nitriles is 1. The maximum atomic E-state index is 13.1. The van der Waals surface area contributed by atoms with E-state index in [4.69, 9.17) is 0 Å². The first kappa shape index (κ1) is 13.5. The standard InChI is InChI=1S/C14H15BrFNO/c15-12-8-10(16)4-5-11(12)13(18)14(9-17)6-2-1-3-7-14/h4-5,8,13,18H,1-3,6-7H2. The zero-order valence-corrected chi connectivity index (χ0v) is 11.6. The quantitative estimate of drug-likeness (QED) is 0.893. The first-order chi connectivity index (χ1) is 8.59. The molecule has 1 aromatic rings. The molecule has 1 unspecified atom stereocenters. The van der Waals surface area contributed by atoms with E-state index in [1.165, 1.54) is 12.1 Å². The average Bonchev–Trinajstić information content (AvgIpc) is 2.39. The fraction of sp³-hybridized carbons (Fsp3) is 0.500. The topological polar surface area (TPSA) is 44.0 Å². The highest BCUT2D eigenvalue weighted by atomic mass is 79.9. The molecule has 1 N–H and O–H groups in total. The van der Waals surface area contributed by atoms with Crippen LogP contribution in [0.3, 0.4) is 0 Å². The molecule has 0 aliphatic heterocycles. The van der Waals surface area contributed by atoms with Gasteiger partial charge in [-0.1, -0.05) is 41.3 Å². The van der Waals surface area contributed by atoms with Crippen molar-refractivity contribution in [3.8, 4) is 6.07 Å². The summed E-state index contributed by atoms with van der Waals surface area (Å²) >= 11 is 3.26. The highest BCUT2D eigenvalue weighted by Crippen LogP contribution is 2.46. The fourth-order valence-corrected chi connectivity index (χ4v) is 3.22. The lowest BCUT2D eigenvalue weighted by atomic mass is 9.69. The summed E-state index contributed by atoms with van der Waals surface area (Å²) in [6.07, 6.45) is 3.58. The van der Waals surface area contributed by atoms with E-state index >= 15 is 0 Å². The zero-order chi connectivity index (χ0) is 13.2. The maximum absolute atomic E-state index is 13.1. The summed E-state index contributed by atoms with van der Waals surface area (Å²) in [6, 6.07) is 6.49. The Bertz CT molecular complexity index is 477. The highest BCUT2D eigenvalue weighted by Gasteiger charge is 2.40. The number of aliphatic hydroxyl groups excluding tert-OH is 1. The summed E-state index contributed by atoms with van der Waals surface area (Å²) in [5.41, 5.74) is -0.127. The minimum atomic E-state index is -0.863. The van der Waals surface area contributed by atoms with Gasteiger partial charge in [-0.25, -0.2) is 4.39 Å². The Morgan fingerprint density at radius 1 is 1.33 bits per heavy atom. The lowest BCUT2D eigenvalue weighted by molar-refractivity contribution is 0.0354. The molecule has 0 saturated heterocycles. The molecule has 0 amide bonds. The third-order valence-corrected chi connectivity index (χ3v) is 4.44. The van der Waals surface area contributed by atoms with E-state index in [-0.39, 0.29) is 5.82 Å². The molecule has 0 spiro atoms. The summed E-state index contributed by atoms with van der Waals surface area (Å²) < 4.78 is 13.6. The van der Waals surface area contributed by atoms with Gasteiger partial charge >= 0.3 is 0 Å². The Morgan fingerprint density at radius 2 is 2.00 bits per heavy atom. The summed E-state index contributed by atoms with van der Waals surface area (Å²) in [5.74, 6) is -0.354. The average molecular weight is 312 g/mol. The van der Waals surface area contributed by atoms with Crippen molar-refractivity contribution in [1.29, 1.82) is 5.26 Å². The van der Waals surface area contributed by atoms with Crippen LogP contribution in [0, 0.1) is 22.6 Å². The molecule has 1 fully saturated rings. The minimum Gasteiger partial charge on any atom is -0.387 e. The predicted octanol–water partition coefficient (Wildman–Crippen LogP) is 4.10. The molecule has 4 heteroatoms. The molecule has 18 heavy (non-hydrogen) atoms. The molecule has 1 atom stereocenters. The minimum absolute atomic E-state index is 0.354. The van der Waals surface area contributed by atoms with Gasteiger partial charge in [0, 0.05) is 4.47 Å². The van der Waals surface area contributed by atoms with Crippen LogP contribution in [0.5, 0.6) is 0 Å². The van der Waals surface area contributed by atoms with Gasteiger partial charge in [0.25, 0.3) is 0 Å². The van der Waals surface area contributed by atoms with Gasteiger partial charge in [-0.3, -0.25) is 0 Å². The Labute approximate surface area is 115 Å². The maximum Gasteiger partial charge on any atom is 0.124 e. The van der Waals surface area contributed by atoms with Crippen molar-refractivity contribution in [1.82, 2.24) is 0 Å². The van der Waals surface area contributed by atoms with Crippen molar-refractivity contribution in [2.75, 3.05) is 0 Å². The van der Waals surface area contributed by atoms with Crippen LogP contribution >= 0.6 is 15.9 Å². The van der Waals surface area contributed by atoms with E-state index in [0.29, 0.717) is 22.9 Å². The second-order valence-corrected chi connectivity index (χ2v) is 5.75. The number of nitrogens with zero attached hydrogens (tertiary/aromatic N) is 1. The molecular formula is C14H15BrFNO.